The number of hydrogen-bond donors (Lipinski definition) is 1. The topological polar surface area (TPSA) is 81.7 Å². The number of sulfone groups is 1. The summed E-state index contributed by atoms with van der Waals surface area (Å²) in [7, 11) is -0.294. The number of amides is 1. The van der Waals surface area contributed by atoms with Crippen LogP contribution < -0.4 is 14.8 Å². The van der Waals surface area contributed by atoms with Gasteiger partial charge in [0.25, 0.3) is 0 Å². The Balaban J connectivity index is 2.75. The van der Waals surface area contributed by atoms with Gasteiger partial charge in [-0.3, -0.25) is 4.79 Å². The second-order valence-electron chi connectivity index (χ2n) is 5.49. The molecule has 0 radical (unpaired) electrons. The molecule has 130 valence electrons. The fourth-order valence-corrected chi connectivity index (χ4v) is 3.88. The minimum Gasteiger partial charge on any atom is -0.493 e. The molecule has 1 N–H and O–H groups in total. The van der Waals surface area contributed by atoms with Gasteiger partial charge < -0.3 is 14.8 Å². The maximum absolute atomic E-state index is 11.9. The first-order valence-electron chi connectivity index (χ1n) is 7.10. The number of benzene rings is 1. The van der Waals surface area contributed by atoms with E-state index in [1.165, 1.54) is 26.4 Å². The molecule has 0 unspecified atom stereocenters. The fraction of sp³-hybridized carbons (Fsp3) is 0.533. The average Bonchev–Trinajstić information content (AvgIpc) is 2.45. The first kappa shape index (κ1) is 19.6. The number of ether oxygens (including phenoxy) is 2. The van der Waals surface area contributed by atoms with E-state index in [2.05, 4.69) is 5.32 Å². The summed E-state index contributed by atoms with van der Waals surface area (Å²) in [5.41, 5.74) is 0.343. The molecule has 0 heterocycles. The lowest BCUT2D eigenvalue weighted by Crippen LogP contribution is -2.21. The second kappa shape index (κ2) is 8.40. The molecule has 0 bridgehead atoms. The summed E-state index contributed by atoms with van der Waals surface area (Å²) in [5.74, 6) is 0.337. The molecule has 0 fully saturated rings. The van der Waals surface area contributed by atoms with Crippen molar-refractivity contribution in [1.29, 1.82) is 0 Å². The van der Waals surface area contributed by atoms with E-state index < -0.39 is 15.7 Å². The maximum Gasteiger partial charge on any atom is 0.225 e. The second-order valence-corrected chi connectivity index (χ2v) is 8.13. The van der Waals surface area contributed by atoms with Gasteiger partial charge in [-0.15, -0.1) is 0 Å². The van der Waals surface area contributed by atoms with Crippen molar-refractivity contribution in [3.8, 4) is 11.5 Å². The molecule has 1 amide bonds. The predicted molar refractivity (Wildman–Crippen MR) is 91.3 cm³/mol. The van der Waals surface area contributed by atoms with Crippen LogP contribution in [-0.2, 0) is 14.6 Å². The van der Waals surface area contributed by atoms with Gasteiger partial charge in [0.15, 0.2) is 21.3 Å². The summed E-state index contributed by atoms with van der Waals surface area (Å²) in [6, 6.07) is 3.05. The van der Waals surface area contributed by atoms with E-state index in [1.54, 1.807) is 0 Å². The third-order valence-electron chi connectivity index (χ3n) is 2.97. The van der Waals surface area contributed by atoms with Crippen molar-refractivity contribution in [3.05, 3.63) is 17.2 Å². The van der Waals surface area contributed by atoms with Crippen LogP contribution >= 0.6 is 11.6 Å². The van der Waals surface area contributed by atoms with E-state index in [-0.39, 0.29) is 28.9 Å². The SMILES string of the molecule is COc1cc(Cl)c(NC(=O)CCS(=O)(=O)CC(C)C)cc1OC. The lowest BCUT2D eigenvalue weighted by molar-refractivity contribution is -0.115. The molecule has 0 spiro atoms. The van der Waals surface area contributed by atoms with Crippen LogP contribution in [0.15, 0.2) is 12.1 Å². The van der Waals surface area contributed by atoms with Gasteiger partial charge in [-0.05, 0) is 5.92 Å². The van der Waals surface area contributed by atoms with Gasteiger partial charge in [-0.25, -0.2) is 8.42 Å². The van der Waals surface area contributed by atoms with E-state index in [9.17, 15) is 13.2 Å². The van der Waals surface area contributed by atoms with E-state index in [4.69, 9.17) is 21.1 Å². The van der Waals surface area contributed by atoms with Crippen LogP contribution in [0.4, 0.5) is 5.69 Å². The summed E-state index contributed by atoms with van der Waals surface area (Å²) in [6.45, 7) is 3.64. The minimum absolute atomic E-state index is 0.0309. The van der Waals surface area contributed by atoms with Gasteiger partial charge in [-0.1, -0.05) is 25.4 Å². The number of methoxy groups -OCH3 is 2. The number of halogens is 1. The molecule has 0 aliphatic carbocycles. The van der Waals surface area contributed by atoms with Gasteiger partial charge >= 0.3 is 0 Å². The Hall–Kier alpha value is -1.47. The molecule has 0 saturated heterocycles. The molecular formula is C15H22ClNO5S. The zero-order valence-corrected chi connectivity index (χ0v) is 15.3. The number of anilines is 1. The molecule has 0 aromatic heterocycles. The van der Waals surface area contributed by atoms with Gasteiger partial charge in [0, 0.05) is 18.6 Å². The molecule has 0 aliphatic heterocycles. The monoisotopic (exact) mass is 363 g/mol. The van der Waals surface area contributed by atoms with Crippen molar-refractivity contribution < 1.29 is 22.7 Å². The van der Waals surface area contributed by atoms with Crippen molar-refractivity contribution in [2.75, 3.05) is 31.0 Å². The molecule has 0 aliphatic rings. The van der Waals surface area contributed by atoms with Crippen LogP contribution in [0.2, 0.25) is 5.02 Å². The number of rotatable bonds is 8. The number of carbonyl (C=O) groups is 1. The van der Waals surface area contributed by atoms with Gasteiger partial charge in [0.1, 0.15) is 0 Å². The number of nitrogens with one attached hydrogen (secondary N) is 1. The standard InChI is InChI=1S/C15H22ClNO5S/c1-10(2)9-23(19,20)6-5-15(18)17-12-8-14(22-4)13(21-3)7-11(12)16/h7-8,10H,5-6,9H2,1-4H3,(H,17,18). The highest BCUT2D eigenvalue weighted by Crippen LogP contribution is 2.36. The summed E-state index contributed by atoms with van der Waals surface area (Å²) in [4.78, 5) is 11.9. The normalized spacial score (nSPS) is 11.4. The molecule has 1 rings (SSSR count). The molecule has 1 aromatic rings. The van der Waals surface area contributed by atoms with Gasteiger partial charge in [-0.2, -0.15) is 0 Å². The minimum atomic E-state index is -3.24. The van der Waals surface area contributed by atoms with Crippen molar-refractivity contribution in [1.82, 2.24) is 0 Å². The third-order valence-corrected chi connectivity index (χ3v) is 5.29. The maximum atomic E-state index is 11.9. The van der Waals surface area contributed by atoms with E-state index >= 15 is 0 Å². The van der Waals surface area contributed by atoms with Gasteiger partial charge in [0.2, 0.25) is 5.91 Å². The lowest BCUT2D eigenvalue weighted by atomic mass is 10.2. The Bertz CT molecular complexity index is 658. The van der Waals surface area contributed by atoms with Crippen LogP contribution in [0.25, 0.3) is 0 Å². The fourth-order valence-electron chi connectivity index (χ4n) is 2.00. The molecule has 0 saturated carbocycles. The first-order valence-corrected chi connectivity index (χ1v) is 9.30. The Morgan fingerprint density at radius 2 is 1.78 bits per heavy atom. The molecule has 8 heteroatoms. The van der Waals surface area contributed by atoms with E-state index in [0.29, 0.717) is 17.2 Å². The largest absolute Gasteiger partial charge is 0.493 e. The first-order chi connectivity index (χ1) is 10.7. The van der Waals surface area contributed by atoms with Crippen molar-refractivity contribution in [3.63, 3.8) is 0 Å². The van der Waals surface area contributed by atoms with Crippen molar-refractivity contribution in [2.24, 2.45) is 5.92 Å². The molecular weight excluding hydrogens is 342 g/mol. The molecule has 1 aromatic carbocycles. The Morgan fingerprint density at radius 1 is 1.22 bits per heavy atom. The van der Waals surface area contributed by atoms with Gasteiger partial charge in [0.05, 0.1) is 36.4 Å². The summed E-state index contributed by atoms with van der Waals surface area (Å²) < 4.78 is 33.9. The van der Waals surface area contributed by atoms with Crippen LogP contribution in [0.1, 0.15) is 20.3 Å². The highest BCUT2D eigenvalue weighted by Gasteiger charge is 2.17. The number of hydrogen-bond acceptors (Lipinski definition) is 5. The smallest absolute Gasteiger partial charge is 0.225 e. The Kier molecular flexibility index (Phi) is 7.15. The molecule has 6 nitrogen and oxygen atoms in total. The molecule has 23 heavy (non-hydrogen) atoms. The molecule has 0 atom stereocenters. The quantitative estimate of drug-likeness (QED) is 0.768. The van der Waals surface area contributed by atoms with Crippen molar-refractivity contribution in [2.45, 2.75) is 20.3 Å². The zero-order chi connectivity index (χ0) is 17.6. The predicted octanol–water partition coefficient (Wildman–Crippen LogP) is 2.76. The van der Waals surface area contributed by atoms with E-state index in [1.807, 2.05) is 13.8 Å². The summed E-state index contributed by atoms with van der Waals surface area (Å²) in [6.07, 6.45) is -0.125. The highest BCUT2D eigenvalue weighted by atomic mass is 35.5. The summed E-state index contributed by atoms with van der Waals surface area (Å²) in [5, 5.41) is 2.87. The Labute approximate surface area is 142 Å². The van der Waals surface area contributed by atoms with Crippen LogP contribution in [0.3, 0.4) is 0 Å². The van der Waals surface area contributed by atoms with Crippen molar-refractivity contribution >= 4 is 33.0 Å². The third kappa shape index (κ3) is 6.27. The van der Waals surface area contributed by atoms with Crippen LogP contribution in [-0.4, -0.2) is 40.1 Å². The average molecular weight is 364 g/mol. The summed E-state index contributed by atoms with van der Waals surface area (Å²) >= 11 is 6.07. The zero-order valence-electron chi connectivity index (χ0n) is 13.7. The van der Waals surface area contributed by atoms with E-state index in [0.717, 1.165) is 0 Å². The highest BCUT2D eigenvalue weighted by molar-refractivity contribution is 7.91. The lowest BCUT2D eigenvalue weighted by Gasteiger charge is -2.13. The van der Waals surface area contributed by atoms with Crippen LogP contribution in [0.5, 0.6) is 11.5 Å². The number of carbonyl (C=O) groups excluding carboxylic acids is 1. The van der Waals surface area contributed by atoms with Crippen LogP contribution in [0, 0.1) is 5.92 Å². The Morgan fingerprint density at radius 3 is 2.30 bits per heavy atom.